The number of amides is 2. The third-order valence-electron chi connectivity index (χ3n) is 4.01. The molecule has 30 heavy (non-hydrogen) atoms. The molecule has 2 atom stereocenters. The van der Waals surface area contributed by atoms with E-state index in [0.717, 1.165) is 28.0 Å². The van der Waals surface area contributed by atoms with Crippen LogP contribution in [0.3, 0.4) is 0 Å². The lowest BCUT2D eigenvalue weighted by Crippen LogP contribution is -2.72. The number of nitrogen functional groups attached to an aromatic ring is 1. The first-order valence-corrected chi connectivity index (χ1v) is 10.9. The number of hydrogen-bond donors (Lipinski definition) is 3. The van der Waals surface area contributed by atoms with Crippen molar-refractivity contribution in [1.82, 2.24) is 15.2 Å². The molecule has 1 saturated heterocycles. The number of nitrogens with one attached hydrogen (secondary N) is 1. The number of β-lactam (4-membered cyclic amide) rings is 1. The summed E-state index contributed by atoms with van der Waals surface area (Å²) in [7, 11) is 1.26. The van der Waals surface area contributed by atoms with Crippen LogP contribution in [0, 0.1) is 11.3 Å². The first-order chi connectivity index (χ1) is 14.4. The second-order valence-electron chi connectivity index (χ2n) is 5.72. The predicted molar refractivity (Wildman–Crippen MR) is 112 cm³/mol. The highest BCUT2D eigenvalue weighted by Crippen LogP contribution is 2.44. The van der Waals surface area contributed by atoms with Crippen LogP contribution in [-0.4, -0.2) is 63.4 Å². The molecule has 1 aromatic heterocycles. The Bertz CT molecular complexity index is 1030. The maximum Gasteiger partial charge on any atom is 0.354 e. The number of nitrogens with zero attached hydrogens (tertiary/aromatic N) is 4. The molecule has 0 aromatic carbocycles. The summed E-state index contributed by atoms with van der Waals surface area (Å²) in [5, 5.41) is 27.6. The Hall–Kier alpha value is -3.02. The summed E-state index contributed by atoms with van der Waals surface area (Å²) in [6, 6.07) is 0.362. The van der Waals surface area contributed by atoms with Crippen LogP contribution in [0.5, 0.6) is 0 Å². The van der Waals surface area contributed by atoms with Crippen LogP contribution in [0.2, 0.25) is 0 Å². The molecule has 11 nitrogen and oxygen atoms in total. The lowest BCUT2D eigenvalue weighted by molar-refractivity contribution is -0.153. The van der Waals surface area contributed by atoms with Gasteiger partial charge in [0.05, 0.1) is 16.3 Å². The lowest BCUT2D eigenvalue weighted by atomic mass is 9.95. The summed E-state index contributed by atoms with van der Waals surface area (Å²) in [4.78, 5) is 46.9. The Balaban J connectivity index is 1.78. The van der Waals surface area contributed by atoms with Gasteiger partial charge in [-0.05, 0) is 5.41 Å². The van der Waals surface area contributed by atoms with Crippen LogP contribution < -0.4 is 11.1 Å². The fourth-order valence-corrected chi connectivity index (χ4v) is 5.51. The second kappa shape index (κ2) is 9.20. The minimum absolute atomic E-state index is 0.146. The number of carbonyl (C=O) groups is 3. The van der Waals surface area contributed by atoms with E-state index >= 15 is 0 Å². The zero-order valence-corrected chi connectivity index (χ0v) is 17.7. The molecule has 0 bridgehead atoms. The van der Waals surface area contributed by atoms with Gasteiger partial charge in [-0.3, -0.25) is 14.5 Å². The van der Waals surface area contributed by atoms with Gasteiger partial charge >= 0.3 is 5.97 Å². The van der Waals surface area contributed by atoms with E-state index in [9.17, 15) is 19.5 Å². The maximum absolute atomic E-state index is 12.7. The van der Waals surface area contributed by atoms with Gasteiger partial charge in [-0.1, -0.05) is 16.9 Å². The molecule has 0 saturated carbocycles. The molecule has 14 heteroatoms. The Labute approximate surface area is 182 Å². The number of hydrogen-bond acceptors (Lipinski definition) is 11. The average Bonchev–Trinajstić information content (AvgIpc) is 3.15. The summed E-state index contributed by atoms with van der Waals surface area (Å²) in [6.07, 6.45) is 1.21. The third kappa shape index (κ3) is 4.13. The molecule has 2 aliphatic rings. The summed E-state index contributed by atoms with van der Waals surface area (Å²) < 4.78 is 0.392. The summed E-state index contributed by atoms with van der Waals surface area (Å²) in [5.41, 5.74) is 5.48. The quantitative estimate of drug-likeness (QED) is 0.223. The van der Waals surface area contributed by atoms with Crippen LogP contribution >= 0.6 is 34.9 Å². The summed E-state index contributed by atoms with van der Waals surface area (Å²) in [5.74, 6) is -2.14. The van der Waals surface area contributed by atoms with Crippen molar-refractivity contribution in [3.63, 3.8) is 0 Å². The van der Waals surface area contributed by atoms with E-state index in [0.29, 0.717) is 9.99 Å². The molecular weight excluding hydrogens is 452 g/mol. The largest absolute Gasteiger partial charge is 0.477 e. The van der Waals surface area contributed by atoms with Crippen LogP contribution in [0.25, 0.3) is 0 Å². The van der Waals surface area contributed by atoms with Crippen LogP contribution in [0.4, 0.5) is 5.13 Å². The second-order valence-corrected chi connectivity index (χ2v) is 8.82. The van der Waals surface area contributed by atoms with Crippen LogP contribution in [0.1, 0.15) is 5.69 Å². The van der Waals surface area contributed by atoms with Crippen molar-refractivity contribution in [3.05, 3.63) is 32.5 Å². The van der Waals surface area contributed by atoms with Gasteiger partial charge in [0.15, 0.2) is 16.5 Å². The Morgan fingerprint density at radius 3 is 2.97 bits per heavy atom. The normalized spacial score (nSPS) is 21.1. The van der Waals surface area contributed by atoms with Gasteiger partial charge in [0.25, 0.3) is 11.8 Å². The number of carbonyl (C=O) groups excluding carboxylic acids is 2. The van der Waals surface area contributed by atoms with Crippen molar-refractivity contribution in [2.75, 3.05) is 18.6 Å². The minimum Gasteiger partial charge on any atom is -0.477 e. The number of allylic oxidation sites excluding steroid dienone is 1. The van der Waals surface area contributed by atoms with Crippen molar-refractivity contribution < 1.29 is 24.3 Å². The number of aliphatic carboxylic acids is 1. The number of thioether (sulfide) groups is 2. The SMILES string of the molecule is CON=C(C(=O)NC1C(=O)N2C(C(=O)O)=C(S/C=C\C#N)SCC12)c1csc(N)n1. The Morgan fingerprint density at radius 1 is 1.60 bits per heavy atom. The van der Waals surface area contributed by atoms with Crippen molar-refractivity contribution in [2.45, 2.75) is 12.1 Å². The van der Waals surface area contributed by atoms with Gasteiger partial charge in [0.2, 0.25) is 0 Å². The van der Waals surface area contributed by atoms with Gasteiger partial charge in [0.1, 0.15) is 18.8 Å². The molecule has 156 valence electrons. The van der Waals surface area contributed by atoms with E-state index in [2.05, 4.69) is 15.5 Å². The molecule has 3 heterocycles. The van der Waals surface area contributed by atoms with Gasteiger partial charge in [-0.25, -0.2) is 9.78 Å². The molecule has 0 radical (unpaired) electrons. The lowest BCUT2D eigenvalue weighted by Gasteiger charge is -2.49. The number of nitriles is 1. The number of rotatable bonds is 7. The molecule has 1 fully saturated rings. The van der Waals surface area contributed by atoms with Crippen LogP contribution in [0.15, 0.2) is 32.0 Å². The number of nitrogens with two attached hydrogens (primary N) is 1. The highest BCUT2D eigenvalue weighted by molar-refractivity contribution is 8.23. The standard InChI is InChI=1S/C16H14N6O5S3/c1-27-21-9(7-5-30-16(18)19-7)12(23)20-10-8-6-29-15(28-4-2-3-17)11(14(25)26)22(8)13(10)24/h2,4-5,8,10H,6H2,1H3,(H2,18,19)(H,20,23)(H,25,26)/b4-2-,21-9?. The van der Waals surface area contributed by atoms with Crippen molar-refractivity contribution >= 4 is 63.5 Å². The average molecular weight is 467 g/mol. The maximum atomic E-state index is 12.7. The van der Waals surface area contributed by atoms with E-state index in [-0.39, 0.29) is 22.2 Å². The van der Waals surface area contributed by atoms with Gasteiger partial charge in [0, 0.05) is 17.2 Å². The Morgan fingerprint density at radius 2 is 2.37 bits per heavy atom. The van der Waals surface area contributed by atoms with E-state index in [1.165, 1.54) is 35.7 Å². The van der Waals surface area contributed by atoms with Crippen molar-refractivity contribution in [3.8, 4) is 6.07 Å². The van der Waals surface area contributed by atoms with Crippen molar-refractivity contribution in [1.29, 1.82) is 5.26 Å². The number of carboxylic acids is 1. The molecule has 3 rings (SSSR count). The smallest absolute Gasteiger partial charge is 0.354 e. The number of thiazole rings is 1. The number of oxime groups is 1. The summed E-state index contributed by atoms with van der Waals surface area (Å²) >= 11 is 3.40. The van der Waals surface area contributed by atoms with Gasteiger partial charge in [-0.15, -0.1) is 23.1 Å². The molecule has 4 N–H and O–H groups in total. The highest BCUT2D eigenvalue weighted by atomic mass is 32.2. The van der Waals surface area contributed by atoms with Crippen molar-refractivity contribution in [2.24, 2.45) is 5.16 Å². The number of aromatic nitrogens is 1. The number of fused-ring (bicyclic) bond motifs is 1. The zero-order chi connectivity index (χ0) is 21.8. The number of carboxylic acid groups (broad SMARTS) is 1. The monoisotopic (exact) mass is 466 g/mol. The number of anilines is 1. The minimum atomic E-state index is -1.27. The molecule has 2 amide bonds. The van der Waals surface area contributed by atoms with E-state index < -0.39 is 29.9 Å². The molecular formula is C16H14N6O5S3. The fourth-order valence-electron chi connectivity index (χ4n) is 2.79. The molecule has 0 aliphatic carbocycles. The fraction of sp³-hybridized carbons (Fsp3) is 0.250. The molecule has 1 aromatic rings. The Kier molecular flexibility index (Phi) is 6.65. The predicted octanol–water partition coefficient (Wildman–Crippen LogP) is 0.542. The summed E-state index contributed by atoms with van der Waals surface area (Å²) in [6.45, 7) is 0. The highest BCUT2D eigenvalue weighted by Gasteiger charge is 2.54. The first kappa shape index (κ1) is 21.7. The van der Waals surface area contributed by atoms with E-state index in [1.807, 2.05) is 6.07 Å². The van der Waals surface area contributed by atoms with Gasteiger partial charge in [-0.2, -0.15) is 5.26 Å². The third-order valence-corrected chi connectivity index (χ3v) is 6.97. The molecule has 2 aliphatic heterocycles. The molecule has 2 unspecified atom stereocenters. The topological polar surface area (TPSA) is 171 Å². The van der Waals surface area contributed by atoms with E-state index in [4.69, 9.17) is 15.8 Å². The van der Waals surface area contributed by atoms with Gasteiger partial charge < -0.3 is 21.0 Å². The zero-order valence-electron chi connectivity index (χ0n) is 15.3. The van der Waals surface area contributed by atoms with Crippen LogP contribution in [-0.2, 0) is 19.2 Å². The van der Waals surface area contributed by atoms with E-state index in [1.54, 1.807) is 0 Å². The molecule has 0 spiro atoms. The first-order valence-electron chi connectivity index (χ1n) is 8.17.